The highest BCUT2D eigenvalue weighted by Crippen LogP contribution is 2.23. The number of carbonyl (C=O) groups excluding carboxylic acids is 1. The summed E-state index contributed by atoms with van der Waals surface area (Å²) in [4.78, 5) is 30.2. The molecule has 3 aromatic heterocycles. The number of aryl methyl sites for hydroxylation is 1. The number of anilines is 1. The smallest absolute Gasteiger partial charge is 0.274 e. The van der Waals surface area contributed by atoms with E-state index in [1.165, 1.54) is 10.7 Å². The van der Waals surface area contributed by atoms with E-state index in [0.29, 0.717) is 31.9 Å². The molecule has 4 aromatic rings. The van der Waals surface area contributed by atoms with E-state index < -0.39 is 0 Å². The van der Waals surface area contributed by atoms with Crippen LogP contribution in [0.2, 0.25) is 0 Å². The maximum Gasteiger partial charge on any atom is 0.274 e. The lowest BCUT2D eigenvalue weighted by Gasteiger charge is -2.35. The highest BCUT2D eigenvalue weighted by atomic mass is 32.1. The summed E-state index contributed by atoms with van der Waals surface area (Å²) in [6.45, 7) is 4.39. The van der Waals surface area contributed by atoms with Crippen molar-refractivity contribution in [1.82, 2.24) is 24.9 Å². The van der Waals surface area contributed by atoms with Crippen molar-refractivity contribution in [3.63, 3.8) is 0 Å². The van der Waals surface area contributed by atoms with Crippen molar-refractivity contribution in [2.24, 2.45) is 0 Å². The van der Waals surface area contributed by atoms with Gasteiger partial charge in [0.1, 0.15) is 5.82 Å². The maximum atomic E-state index is 12.9. The predicted molar refractivity (Wildman–Crippen MR) is 125 cm³/mol. The molecule has 0 bridgehead atoms. The Labute approximate surface area is 188 Å². The summed E-state index contributed by atoms with van der Waals surface area (Å²) in [5, 5.41) is 13.7. The zero-order chi connectivity index (χ0) is 22.1. The molecule has 4 heterocycles. The quantitative estimate of drug-likeness (QED) is 0.521. The highest BCUT2D eigenvalue weighted by molar-refractivity contribution is 7.13. The number of thiophene rings is 1. The third-order valence-corrected chi connectivity index (χ3v) is 6.44. The van der Waals surface area contributed by atoms with Gasteiger partial charge in [0, 0.05) is 32.2 Å². The lowest BCUT2D eigenvalue weighted by molar-refractivity contribution is 0.0740. The van der Waals surface area contributed by atoms with E-state index in [2.05, 4.69) is 20.2 Å². The van der Waals surface area contributed by atoms with Gasteiger partial charge in [-0.25, -0.2) is 0 Å². The van der Waals surface area contributed by atoms with Crippen LogP contribution in [0.15, 0.2) is 64.8 Å². The largest absolute Gasteiger partial charge is 0.352 e. The first-order valence-electron chi connectivity index (χ1n) is 10.4. The summed E-state index contributed by atoms with van der Waals surface area (Å²) < 4.78 is 1.42. The Morgan fingerprint density at radius 3 is 2.53 bits per heavy atom. The number of hydrogen-bond acceptors (Lipinski definition) is 6. The Kier molecular flexibility index (Phi) is 5.32. The number of amides is 1. The minimum absolute atomic E-state index is 0.0821. The number of benzene rings is 1. The minimum atomic E-state index is -0.175. The molecule has 0 aliphatic carbocycles. The number of aromatic nitrogens is 4. The standard InChI is InChI=1S/C23H22N6O2S/c1-16-4-6-17(7-5-16)29-22(30)9-8-21(26-29)27-10-12-28(13-11-27)23(31)19-15-18(24-25-19)20-3-2-14-32-20/h2-9,14-15H,10-13H2,1H3,(H,24,25). The molecule has 1 amide bonds. The second-order valence-electron chi connectivity index (χ2n) is 7.70. The van der Waals surface area contributed by atoms with Crippen molar-refractivity contribution in [3.8, 4) is 16.3 Å². The molecule has 32 heavy (non-hydrogen) atoms. The lowest BCUT2D eigenvalue weighted by atomic mass is 10.2. The predicted octanol–water partition coefficient (Wildman–Crippen LogP) is 2.95. The van der Waals surface area contributed by atoms with Gasteiger partial charge in [-0.3, -0.25) is 14.7 Å². The zero-order valence-electron chi connectivity index (χ0n) is 17.6. The average molecular weight is 447 g/mol. The SMILES string of the molecule is Cc1ccc(-n2nc(N3CCN(C(=O)c4cc(-c5cccs5)[nH]n4)CC3)ccc2=O)cc1. The molecule has 0 atom stereocenters. The van der Waals surface area contributed by atoms with Crippen LogP contribution in [0.1, 0.15) is 16.1 Å². The average Bonchev–Trinajstić information content (AvgIpc) is 3.52. The first-order valence-corrected chi connectivity index (χ1v) is 11.3. The Hall–Kier alpha value is -3.72. The van der Waals surface area contributed by atoms with Crippen molar-refractivity contribution in [1.29, 1.82) is 0 Å². The third-order valence-electron chi connectivity index (χ3n) is 5.54. The van der Waals surface area contributed by atoms with E-state index in [-0.39, 0.29) is 11.5 Å². The maximum absolute atomic E-state index is 12.9. The number of aromatic amines is 1. The van der Waals surface area contributed by atoms with E-state index in [4.69, 9.17) is 0 Å². The number of nitrogens with one attached hydrogen (secondary N) is 1. The first-order chi connectivity index (χ1) is 15.6. The minimum Gasteiger partial charge on any atom is -0.352 e. The van der Waals surface area contributed by atoms with E-state index in [1.807, 2.05) is 48.7 Å². The molecule has 9 heteroatoms. The van der Waals surface area contributed by atoms with Crippen molar-refractivity contribution >= 4 is 23.1 Å². The molecule has 1 fully saturated rings. The Morgan fingerprint density at radius 2 is 1.81 bits per heavy atom. The summed E-state index contributed by atoms with van der Waals surface area (Å²) in [6.07, 6.45) is 0. The Morgan fingerprint density at radius 1 is 1.03 bits per heavy atom. The summed E-state index contributed by atoms with van der Waals surface area (Å²) in [5.41, 5.74) is 2.96. The first kappa shape index (κ1) is 20.2. The van der Waals surface area contributed by atoms with Gasteiger partial charge in [-0.1, -0.05) is 23.8 Å². The van der Waals surface area contributed by atoms with Crippen molar-refractivity contribution < 1.29 is 4.79 Å². The number of piperazine rings is 1. The summed E-state index contributed by atoms with van der Waals surface area (Å²) in [7, 11) is 0. The van der Waals surface area contributed by atoms with E-state index in [9.17, 15) is 9.59 Å². The van der Waals surface area contributed by atoms with Gasteiger partial charge in [-0.15, -0.1) is 16.4 Å². The fourth-order valence-corrected chi connectivity index (χ4v) is 4.42. The van der Waals surface area contributed by atoms with E-state index in [1.54, 1.807) is 28.4 Å². The molecule has 8 nitrogen and oxygen atoms in total. The number of hydrogen-bond donors (Lipinski definition) is 1. The normalized spacial score (nSPS) is 14.0. The molecular weight excluding hydrogens is 424 g/mol. The number of nitrogens with zero attached hydrogens (tertiary/aromatic N) is 5. The number of H-pyrrole nitrogens is 1. The second kappa shape index (κ2) is 8.43. The van der Waals surface area contributed by atoms with Gasteiger partial charge >= 0.3 is 0 Å². The van der Waals surface area contributed by atoms with Gasteiger partial charge in [-0.2, -0.15) is 9.78 Å². The summed E-state index contributed by atoms with van der Waals surface area (Å²) >= 11 is 1.60. The Bertz CT molecular complexity index is 1280. The van der Waals surface area contributed by atoms with Crippen molar-refractivity contribution in [2.75, 3.05) is 31.1 Å². The monoisotopic (exact) mass is 446 g/mol. The molecule has 1 N–H and O–H groups in total. The summed E-state index contributed by atoms with van der Waals surface area (Å²) in [5.74, 6) is 0.637. The van der Waals surface area contributed by atoms with Crippen LogP contribution in [0.25, 0.3) is 16.3 Å². The van der Waals surface area contributed by atoms with Crippen LogP contribution in [-0.2, 0) is 0 Å². The molecule has 1 aliphatic heterocycles. The molecule has 0 saturated carbocycles. The number of carbonyl (C=O) groups is 1. The van der Waals surface area contributed by atoms with Crippen LogP contribution >= 0.6 is 11.3 Å². The van der Waals surface area contributed by atoms with E-state index >= 15 is 0 Å². The Balaban J connectivity index is 1.28. The van der Waals surface area contributed by atoms with Gasteiger partial charge in [0.25, 0.3) is 11.5 Å². The van der Waals surface area contributed by atoms with Gasteiger partial charge in [0.2, 0.25) is 0 Å². The molecule has 0 spiro atoms. The van der Waals surface area contributed by atoms with Crippen LogP contribution in [0, 0.1) is 6.92 Å². The molecule has 0 radical (unpaired) electrons. The molecule has 162 valence electrons. The van der Waals surface area contributed by atoms with Crippen LogP contribution in [-0.4, -0.2) is 57.0 Å². The molecular formula is C23H22N6O2S. The fraction of sp³-hybridized carbons (Fsp3) is 0.217. The van der Waals surface area contributed by atoms with Crippen LogP contribution < -0.4 is 10.5 Å². The molecule has 1 saturated heterocycles. The molecule has 1 aliphatic rings. The highest BCUT2D eigenvalue weighted by Gasteiger charge is 2.25. The number of rotatable bonds is 4. The third kappa shape index (κ3) is 3.94. The van der Waals surface area contributed by atoms with Crippen molar-refractivity contribution in [3.05, 3.63) is 81.6 Å². The van der Waals surface area contributed by atoms with E-state index in [0.717, 1.165) is 27.6 Å². The van der Waals surface area contributed by atoms with Gasteiger partial charge in [-0.05, 0) is 42.6 Å². The topological polar surface area (TPSA) is 87.1 Å². The van der Waals surface area contributed by atoms with Gasteiger partial charge in [0.15, 0.2) is 5.69 Å². The fourth-order valence-electron chi connectivity index (χ4n) is 3.73. The summed E-state index contributed by atoms with van der Waals surface area (Å²) in [6, 6.07) is 16.7. The van der Waals surface area contributed by atoms with Crippen molar-refractivity contribution in [2.45, 2.75) is 6.92 Å². The second-order valence-corrected chi connectivity index (χ2v) is 8.65. The van der Waals surface area contributed by atoms with Gasteiger partial charge in [0.05, 0.1) is 16.3 Å². The van der Waals surface area contributed by atoms with Crippen LogP contribution in [0.4, 0.5) is 5.82 Å². The molecule has 1 aromatic carbocycles. The lowest BCUT2D eigenvalue weighted by Crippen LogP contribution is -2.49. The van der Waals surface area contributed by atoms with Crippen LogP contribution in [0.5, 0.6) is 0 Å². The molecule has 0 unspecified atom stereocenters. The zero-order valence-corrected chi connectivity index (χ0v) is 18.4. The van der Waals surface area contributed by atoms with Crippen LogP contribution in [0.3, 0.4) is 0 Å². The molecule has 5 rings (SSSR count). The van der Waals surface area contributed by atoms with Gasteiger partial charge < -0.3 is 9.80 Å².